The number of nitrogens with two attached hydrogens (primary N) is 1. The molecule has 1 amide bonds. The smallest absolute Gasteiger partial charge is 0.491 e. The third-order valence-corrected chi connectivity index (χ3v) is 5.67. The minimum atomic E-state index is -5.29. The van der Waals surface area contributed by atoms with Crippen molar-refractivity contribution in [2.75, 3.05) is 24.5 Å². The molecule has 230 valence electrons. The van der Waals surface area contributed by atoms with Crippen molar-refractivity contribution in [2.24, 2.45) is 5.73 Å². The molecule has 3 aromatic rings. The minimum Gasteiger partial charge on any atom is -0.495 e. The third-order valence-electron chi connectivity index (χ3n) is 5.67. The fourth-order valence-corrected chi connectivity index (χ4v) is 3.82. The summed E-state index contributed by atoms with van der Waals surface area (Å²) in [5, 5.41) is 10.6. The first-order valence-electron chi connectivity index (χ1n) is 13.0. The highest BCUT2D eigenvalue weighted by Crippen LogP contribution is 2.34. The summed E-state index contributed by atoms with van der Waals surface area (Å²) >= 11 is 0. The average molecular weight is 604 g/mol. The summed E-state index contributed by atoms with van der Waals surface area (Å²) in [4.78, 5) is 25.1. The van der Waals surface area contributed by atoms with Crippen molar-refractivity contribution in [2.45, 2.75) is 39.1 Å². The van der Waals surface area contributed by atoms with Gasteiger partial charge in [0.2, 0.25) is 0 Å². The number of carbonyl (C=O) groups excluding carboxylic acids is 2. The van der Waals surface area contributed by atoms with E-state index in [1.807, 2.05) is 13.8 Å². The average Bonchev–Trinajstić information content (AvgIpc) is 2.95. The van der Waals surface area contributed by atoms with Crippen LogP contribution in [0.5, 0.6) is 23.0 Å². The number of esters is 1. The second kappa shape index (κ2) is 14.2. The molecule has 3 aromatic carbocycles. The van der Waals surface area contributed by atoms with Crippen molar-refractivity contribution in [1.82, 2.24) is 5.43 Å². The molecule has 11 nitrogen and oxygen atoms in total. The van der Waals surface area contributed by atoms with Crippen molar-refractivity contribution >= 4 is 29.1 Å². The van der Waals surface area contributed by atoms with Gasteiger partial charge in [0.25, 0.3) is 5.91 Å². The van der Waals surface area contributed by atoms with Crippen molar-refractivity contribution in [3.8, 4) is 23.0 Å². The van der Waals surface area contributed by atoms with Gasteiger partial charge in [0.1, 0.15) is 23.4 Å². The number of ether oxygens (including phenoxy) is 4. The first kappa shape index (κ1) is 32.4. The number of hydrogen-bond donors (Lipinski definition) is 5. The second-order valence-electron chi connectivity index (χ2n) is 9.21. The van der Waals surface area contributed by atoms with Crippen LogP contribution in [0, 0.1) is 5.41 Å². The van der Waals surface area contributed by atoms with Gasteiger partial charge in [-0.15, -0.1) is 0 Å². The number of hydrogen-bond acceptors (Lipinski definition) is 9. The van der Waals surface area contributed by atoms with E-state index >= 15 is 0 Å². The molecule has 14 heteroatoms. The number of amidine groups is 1. The lowest BCUT2D eigenvalue weighted by Crippen LogP contribution is -2.37. The van der Waals surface area contributed by atoms with Gasteiger partial charge in [-0.2, -0.15) is 13.2 Å². The van der Waals surface area contributed by atoms with E-state index in [0.29, 0.717) is 35.1 Å². The summed E-state index contributed by atoms with van der Waals surface area (Å²) in [6.45, 7) is 5.78. The maximum absolute atomic E-state index is 13.6. The molecule has 0 aromatic heterocycles. The van der Waals surface area contributed by atoms with Crippen LogP contribution >= 0.6 is 0 Å². The molecule has 43 heavy (non-hydrogen) atoms. The number of nitrogens with one attached hydrogen (secondary N) is 4. The Bertz CT molecular complexity index is 1460. The van der Waals surface area contributed by atoms with Gasteiger partial charge >= 0.3 is 12.1 Å². The lowest BCUT2D eigenvalue weighted by Gasteiger charge is -2.23. The van der Waals surface area contributed by atoms with E-state index in [9.17, 15) is 22.8 Å². The highest BCUT2D eigenvalue weighted by Gasteiger charge is 2.42. The number of hydrazine groups is 1. The zero-order valence-corrected chi connectivity index (χ0v) is 23.8. The molecule has 1 unspecified atom stereocenters. The van der Waals surface area contributed by atoms with Crippen LogP contribution in [0.2, 0.25) is 0 Å². The van der Waals surface area contributed by atoms with E-state index in [1.54, 1.807) is 49.4 Å². The molecule has 0 aliphatic carbocycles. The SMILES string of the molecule is CCOc1cc(C(Nc2ccc(C(=N)N)c(OC(=O)C(F)(F)F)c2)C(=O)NNc2ccccc2OC)ccc1OC(C)C. The number of anilines is 2. The number of rotatable bonds is 13. The molecule has 0 saturated heterocycles. The topological polar surface area (TPSA) is 157 Å². The van der Waals surface area contributed by atoms with Crippen molar-refractivity contribution < 1.29 is 41.7 Å². The number of carbonyl (C=O) groups is 2. The van der Waals surface area contributed by atoms with Gasteiger partial charge in [-0.3, -0.25) is 21.1 Å². The maximum atomic E-state index is 13.6. The predicted molar refractivity (Wildman–Crippen MR) is 154 cm³/mol. The van der Waals surface area contributed by atoms with Gasteiger partial charge in [0.05, 0.1) is 31.1 Å². The predicted octanol–water partition coefficient (Wildman–Crippen LogP) is 4.93. The summed E-state index contributed by atoms with van der Waals surface area (Å²) in [5.74, 6) is -3.11. The van der Waals surface area contributed by atoms with E-state index in [2.05, 4.69) is 20.9 Å². The van der Waals surface area contributed by atoms with Crippen LogP contribution < -0.4 is 40.8 Å². The zero-order valence-electron chi connectivity index (χ0n) is 23.8. The molecule has 0 aliphatic heterocycles. The number of amides is 1. The van der Waals surface area contributed by atoms with Crippen LogP contribution in [0.3, 0.4) is 0 Å². The molecule has 0 fully saturated rings. The lowest BCUT2D eigenvalue weighted by molar-refractivity contribution is -0.189. The fourth-order valence-electron chi connectivity index (χ4n) is 3.82. The molecule has 0 saturated carbocycles. The molecule has 0 aliphatic rings. The molecule has 0 bridgehead atoms. The van der Waals surface area contributed by atoms with Gasteiger partial charge in [0.15, 0.2) is 11.5 Å². The monoisotopic (exact) mass is 603 g/mol. The number of halogens is 3. The second-order valence-corrected chi connectivity index (χ2v) is 9.21. The Labute approximate surface area is 245 Å². The Morgan fingerprint density at radius 3 is 2.33 bits per heavy atom. The number of para-hydroxylation sites is 2. The molecule has 6 N–H and O–H groups in total. The maximum Gasteiger partial charge on any atom is 0.491 e. The number of alkyl halides is 3. The molecule has 3 rings (SSSR count). The highest BCUT2D eigenvalue weighted by atomic mass is 19.4. The van der Waals surface area contributed by atoms with E-state index in [0.717, 1.165) is 6.07 Å². The minimum absolute atomic E-state index is 0.0767. The van der Waals surface area contributed by atoms with E-state index < -0.39 is 35.7 Å². The van der Waals surface area contributed by atoms with E-state index in [1.165, 1.54) is 19.2 Å². The van der Waals surface area contributed by atoms with Crippen molar-refractivity contribution in [3.05, 3.63) is 71.8 Å². The Kier molecular flexibility index (Phi) is 10.7. The Hall–Kier alpha value is -5.14. The van der Waals surface area contributed by atoms with Crippen molar-refractivity contribution in [1.29, 1.82) is 5.41 Å². The summed E-state index contributed by atoms with van der Waals surface area (Å²) in [6.07, 6.45) is -5.45. The van der Waals surface area contributed by atoms with Crippen LogP contribution in [0.4, 0.5) is 24.5 Å². The Morgan fingerprint density at radius 1 is 0.977 bits per heavy atom. The van der Waals surface area contributed by atoms with Crippen LogP contribution in [0.15, 0.2) is 60.7 Å². The number of benzene rings is 3. The van der Waals surface area contributed by atoms with Gasteiger partial charge < -0.3 is 30.0 Å². The van der Waals surface area contributed by atoms with Gasteiger partial charge in [-0.05, 0) is 62.7 Å². The quantitative estimate of drug-likeness (QED) is 0.0601. The lowest BCUT2D eigenvalue weighted by atomic mass is 10.0. The summed E-state index contributed by atoms with van der Waals surface area (Å²) in [5.41, 5.74) is 11.5. The largest absolute Gasteiger partial charge is 0.495 e. The van der Waals surface area contributed by atoms with Crippen LogP contribution in [-0.4, -0.2) is 43.7 Å². The normalized spacial score (nSPS) is 11.7. The Balaban J connectivity index is 2.03. The highest BCUT2D eigenvalue weighted by molar-refractivity contribution is 5.99. The van der Waals surface area contributed by atoms with Gasteiger partial charge in [0, 0.05) is 11.8 Å². The van der Waals surface area contributed by atoms with E-state index in [4.69, 9.17) is 25.4 Å². The van der Waals surface area contributed by atoms with Crippen LogP contribution in [0.25, 0.3) is 0 Å². The summed E-state index contributed by atoms with van der Waals surface area (Å²) in [6, 6.07) is 14.1. The van der Waals surface area contributed by atoms with Crippen LogP contribution in [0.1, 0.15) is 37.9 Å². The van der Waals surface area contributed by atoms with E-state index in [-0.39, 0.29) is 17.4 Å². The molecule has 0 radical (unpaired) electrons. The molecule has 0 heterocycles. The summed E-state index contributed by atoms with van der Waals surface area (Å²) < 4.78 is 60.1. The molecular weight excluding hydrogens is 571 g/mol. The first-order valence-corrected chi connectivity index (χ1v) is 13.0. The van der Waals surface area contributed by atoms with Gasteiger partial charge in [-0.1, -0.05) is 18.2 Å². The van der Waals surface area contributed by atoms with Crippen molar-refractivity contribution in [3.63, 3.8) is 0 Å². The summed E-state index contributed by atoms with van der Waals surface area (Å²) in [7, 11) is 1.47. The Morgan fingerprint density at radius 2 is 1.70 bits per heavy atom. The van der Waals surface area contributed by atoms with Crippen LogP contribution in [-0.2, 0) is 9.59 Å². The molecular formula is C29H32F3N5O6. The number of methoxy groups -OCH3 is 1. The molecule has 0 spiro atoms. The third kappa shape index (κ3) is 8.67. The fraction of sp³-hybridized carbons (Fsp3) is 0.276. The first-order chi connectivity index (χ1) is 20.3. The number of nitrogen functional groups attached to an aromatic ring is 1. The zero-order chi connectivity index (χ0) is 31.7. The standard InChI is InChI=1S/C29H32F3N5O6/c1-5-41-24-14-17(10-13-22(24)42-16(2)3)25(27(38)37-36-20-8-6-7-9-21(20)40-4)35-18-11-12-19(26(33)34)23(15-18)43-28(39)29(30,31)32/h6-16,25,35-36H,5H2,1-4H3,(H3,33,34)(H,37,38). The van der Waals surface area contributed by atoms with Gasteiger partial charge in [-0.25, -0.2) is 4.79 Å². The molecule has 1 atom stereocenters.